The zero-order valence-corrected chi connectivity index (χ0v) is 16.7. The number of nitrogens with one attached hydrogen (secondary N) is 1. The molecule has 2 aromatic carbocycles. The van der Waals surface area contributed by atoms with E-state index >= 15 is 0 Å². The molecule has 4 aromatic rings. The standard InChI is InChI=1S/C22H20N4O2S/c1-28-12-19-25-21(24-16-9-7-14(8-10-16)11-18(23)27)20-17(13-29-22(20)26-19)15-5-3-2-4-6-15/h2-10,13H,11-12H2,1H3,(H2,23,27)(H,24,25,26). The largest absolute Gasteiger partial charge is 0.377 e. The van der Waals surface area contributed by atoms with Gasteiger partial charge in [0.1, 0.15) is 17.3 Å². The summed E-state index contributed by atoms with van der Waals surface area (Å²) < 4.78 is 5.23. The number of nitrogens with zero attached hydrogens (tertiary/aromatic N) is 2. The van der Waals surface area contributed by atoms with Gasteiger partial charge in [-0.25, -0.2) is 9.97 Å². The first-order valence-corrected chi connectivity index (χ1v) is 9.99. The molecule has 0 saturated heterocycles. The van der Waals surface area contributed by atoms with Crippen molar-refractivity contribution in [3.8, 4) is 11.1 Å². The highest BCUT2D eigenvalue weighted by molar-refractivity contribution is 7.17. The summed E-state index contributed by atoms with van der Waals surface area (Å²) in [7, 11) is 1.63. The Morgan fingerprint density at radius 3 is 2.55 bits per heavy atom. The minimum atomic E-state index is -0.349. The van der Waals surface area contributed by atoms with Crippen LogP contribution in [0.25, 0.3) is 21.3 Å². The zero-order valence-electron chi connectivity index (χ0n) is 15.9. The van der Waals surface area contributed by atoms with E-state index in [1.54, 1.807) is 18.4 Å². The Bertz CT molecular complexity index is 1140. The number of amides is 1. The van der Waals surface area contributed by atoms with E-state index in [1.807, 2.05) is 42.5 Å². The van der Waals surface area contributed by atoms with Gasteiger partial charge in [0.15, 0.2) is 5.82 Å². The van der Waals surface area contributed by atoms with Gasteiger partial charge < -0.3 is 15.8 Å². The average molecular weight is 404 g/mol. The Morgan fingerprint density at radius 1 is 1.10 bits per heavy atom. The number of anilines is 2. The van der Waals surface area contributed by atoms with Gasteiger partial charge in [-0.15, -0.1) is 11.3 Å². The molecule has 0 aliphatic heterocycles. The number of primary amides is 1. The first kappa shape index (κ1) is 19.0. The second-order valence-corrected chi connectivity index (χ2v) is 7.44. The van der Waals surface area contributed by atoms with Gasteiger partial charge in [-0.3, -0.25) is 4.79 Å². The van der Waals surface area contributed by atoms with E-state index < -0.39 is 0 Å². The molecule has 2 aromatic heterocycles. The van der Waals surface area contributed by atoms with Crippen LogP contribution in [0.3, 0.4) is 0 Å². The first-order chi connectivity index (χ1) is 14.1. The highest BCUT2D eigenvalue weighted by Crippen LogP contribution is 2.38. The normalized spacial score (nSPS) is 10.9. The third kappa shape index (κ3) is 4.26. The van der Waals surface area contributed by atoms with E-state index in [9.17, 15) is 4.79 Å². The van der Waals surface area contributed by atoms with Crippen LogP contribution in [0, 0.1) is 0 Å². The molecule has 0 bridgehead atoms. The molecule has 0 aliphatic rings. The molecule has 0 fully saturated rings. The molecule has 7 heteroatoms. The van der Waals surface area contributed by atoms with Crippen molar-refractivity contribution in [3.63, 3.8) is 0 Å². The van der Waals surface area contributed by atoms with Gasteiger partial charge in [-0.05, 0) is 23.3 Å². The van der Waals surface area contributed by atoms with Crippen molar-refractivity contribution in [2.45, 2.75) is 13.0 Å². The van der Waals surface area contributed by atoms with Gasteiger partial charge in [-0.2, -0.15) is 0 Å². The number of nitrogens with two attached hydrogens (primary N) is 1. The van der Waals surface area contributed by atoms with Crippen LogP contribution in [0.2, 0.25) is 0 Å². The number of aromatic nitrogens is 2. The van der Waals surface area contributed by atoms with Crippen molar-refractivity contribution in [1.29, 1.82) is 0 Å². The summed E-state index contributed by atoms with van der Waals surface area (Å²) in [5, 5.41) is 6.48. The SMILES string of the molecule is COCc1nc(Nc2ccc(CC(N)=O)cc2)c2c(-c3ccccc3)csc2n1. The Kier molecular flexibility index (Phi) is 5.50. The second kappa shape index (κ2) is 8.38. The number of carbonyl (C=O) groups excluding carboxylic acids is 1. The quantitative estimate of drug-likeness (QED) is 0.480. The maximum absolute atomic E-state index is 11.1. The first-order valence-electron chi connectivity index (χ1n) is 9.11. The van der Waals surface area contributed by atoms with E-state index in [2.05, 4.69) is 27.8 Å². The van der Waals surface area contributed by atoms with Crippen LogP contribution in [0.4, 0.5) is 11.5 Å². The summed E-state index contributed by atoms with van der Waals surface area (Å²) >= 11 is 1.58. The van der Waals surface area contributed by atoms with Crippen molar-refractivity contribution in [2.75, 3.05) is 12.4 Å². The lowest BCUT2D eigenvalue weighted by atomic mass is 10.1. The van der Waals surface area contributed by atoms with Crippen LogP contribution < -0.4 is 11.1 Å². The number of methoxy groups -OCH3 is 1. The predicted octanol–water partition coefficient (Wildman–Crippen LogP) is 4.28. The Hall–Kier alpha value is -3.29. The molecule has 0 spiro atoms. The minimum Gasteiger partial charge on any atom is -0.377 e. The minimum absolute atomic E-state index is 0.221. The summed E-state index contributed by atoms with van der Waals surface area (Å²) in [6.45, 7) is 0.334. The maximum atomic E-state index is 11.1. The van der Waals surface area contributed by atoms with Gasteiger partial charge in [0.05, 0.1) is 11.8 Å². The van der Waals surface area contributed by atoms with Crippen molar-refractivity contribution < 1.29 is 9.53 Å². The number of hydrogen-bond acceptors (Lipinski definition) is 6. The Labute approximate surface area is 172 Å². The van der Waals surface area contributed by atoms with Crippen LogP contribution in [-0.2, 0) is 22.6 Å². The number of rotatable bonds is 7. The fourth-order valence-electron chi connectivity index (χ4n) is 3.14. The topological polar surface area (TPSA) is 90.1 Å². The maximum Gasteiger partial charge on any atom is 0.221 e. The number of benzene rings is 2. The predicted molar refractivity (Wildman–Crippen MR) is 116 cm³/mol. The number of carbonyl (C=O) groups is 1. The number of ether oxygens (including phenoxy) is 1. The Balaban J connectivity index is 1.76. The van der Waals surface area contributed by atoms with Crippen molar-refractivity contribution in [1.82, 2.24) is 9.97 Å². The molecule has 1 amide bonds. The molecule has 2 heterocycles. The van der Waals surface area contributed by atoms with Gasteiger partial charge >= 0.3 is 0 Å². The summed E-state index contributed by atoms with van der Waals surface area (Å²) in [5.74, 6) is 0.998. The van der Waals surface area contributed by atoms with Crippen molar-refractivity contribution in [3.05, 3.63) is 71.4 Å². The van der Waals surface area contributed by atoms with E-state index in [-0.39, 0.29) is 12.3 Å². The number of fused-ring (bicyclic) bond motifs is 1. The van der Waals surface area contributed by atoms with Crippen molar-refractivity contribution >= 4 is 39.0 Å². The molecular formula is C22H20N4O2S. The molecule has 0 saturated carbocycles. The summed E-state index contributed by atoms with van der Waals surface area (Å²) in [6.07, 6.45) is 0.221. The van der Waals surface area contributed by atoms with Crippen LogP contribution in [0.15, 0.2) is 60.0 Å². The third-order valence-electron chi connectivity index (χ3n) is 4.43. The smallest absolute Gasteiger partial charge is 0.221 e. The van der Waals surface area contributed by atoms with Crippen LogP contribution in [-0.4, -0.2) is 23.0 Å². The van der Waals surface area contributed by atoms with Crippen LogP contribution in [0.5, 0.6) is 0 Å². The van der Waals surface area contributed by atoms with Crippen molar-refractivity contribution in [2.24, 2.45) is 5.73 Å². The molecule has 4 rings (SSSR count). The zero-order chi connectivity index (χ0) is 20.2. The van der Waals surface area contributed by atoms with Gasteiger partial charge in [0.25, 0.3) is 0 Å². The van der Waals surface area contributed by atoms with E-state index in [0.29, 0.717) is 12.4 Å². The van der Waals surface area contributed by atoms with Gasteiger partial charge in [-0.1, -0.05) is 42.5 Å². The fraction of sp³-hybridized carbons (Fsp3) is 0.136. The molecule has 29 heavy (non-hydrogen) atoms. The number of thiophene rings is 1. The van der Waals surface area contributed by atoms with E-state index in [0.717, 1.165) is 38.4 Å². The average Bonchev–Trinajstić information content (AvgIpc) is 3.14. The van der Waals surface area contributed by atoms with Crippen LogP contribution >= 0.6 is 11.3 Å². The molecule has 0 radical (unpaired) electrons. The molecule has 0 atom stereocenters. The lowest BCUT2D eigenvalue weighted by Crippen LogP contribution is -2.13. The lowest BCUT2D eigenvalue weighted by molar-refractivity contribution is -0.117. The van der Waals surface area contributed by atoms with Gasteiger partial charge in [0, 0.05) is 23.7 Å². The summed E-state index contributed by atoms with van der Waals surface area (Å²) in [6, 6.07) is 17.8. The Morgan fingerprint density at radius 2 is 1.86 bits per heavy atom. The molecule has 3 N–H and O–H groups in total. The van der Waals surface area contributed by atoms with Gasteiger partial charge in [0.2, 0.25) is 5.91 Å². The monoisotopic (exact) mass is 404 g/mol. The highest BCUT2D eigenvalue weighted by Gasteiger charge is 2.15. The molecular weight excluding hydrogens is 384 g/mol. The highest BCUT2D eigenvalue weighted by atomic mass is 32.1. The molecule has 6 nitrogen and oxygen atoms in total. The molecule has 0 aliphatic carbocycles. The molecule has 0 unspecified atom stereocenters. The summed E-state index contributed by atoms with van der Waals surface area (Å²) in [4.78, 5) is 21.4. The second-order valence-electron chi connectivity index (χ2n) is 6.58. The van der Waals surface area contributed by atoms with E-state index in [1.165, 1.54) is 0 Å². The third-order valence-corrected chi connectivity index (χ3v) is 5.31. The summed E-state index contributed by atoms with van der Waals surface area (Å²) in [5.41, 5.74) is 9.21. The van der Waals surface area contributed by atoms with E-state index in [4.69, 9.17) is 15.5 Å². The fourth-order valence-corrected chi connectivity index (χ4v) is 4.11. The molecule has 146 valence electrons. The number of hydrogen-bond donors (Lipinski definition) is 2. The lowest BCUT2D eigenvalue weighted by Gasteiger charge is -2.11. The van der Waals surface area contributed by atoms with Crippen LogP contribution in [0.1, 0.15) is 11.4 Å².